The van der Waals surface area contributed by atoms with Crippen LogP contribution in [0.4, 0.5) is 0 Å². The molecule has 23 heavy (non-hydrogen) atoms. The molecule has 2 rings (SSSR count). The Balaban J connectivity index is 1.82. The third-order valence-electron chi connectivity index (χ3n) is 5.08. The Hall–Kier alpha value is -1.36. The number of aliphatic carboxylic acids is 1. The number of carbonyl (C=O) groups is 2. The molecule has 0 aromatic heterocycles. The van der Waals surface area contributed by atoms with Gasteiger partial charge >= 0.3 is 11.9 Å². The Morgan fingerprint density at radius 2 is 2.04 bits per heavy atom. The van der Waals surface area contributed by atoms with E-state index in [9.17, 15) is 14.7 Å². The average molecular weight is 324 g/mol. The largest absolute Gasteiger partial charge is 0.481 e. The van der Waals surface area contributed by atoms with Crippen LogP contribution in [0.25, 0.3) is 0 Å². The summed E-state index contributed by atoms with van der Waals surface area (Å²) in [5.74, 6) is -1.55. The fourth-order valence-corrected chi connectivity index (χ4v) is 3.71. The van der Waals surface area contributed by atoms with E-state index in [0.29, 0.717) is 13.2 Å². The topological polar surface area (TPSA) is 72.8 Å². The van der Waals surface area contributed by atoms with E-state index in [1.165, 1.54) is 0 Å². The van der Waals surface area contributed by atoms with Crippen LogP contribution in [0.2, 0.25) is 0 Å². The monoisotopic (exact) mass is 324 g/mol. The van der Waals surface area contributed by atoms with Crippen LogP contribution in [0.5, 0.6) is 0 Å². The van der Waals surface area contributed by atoms with Gasteiger partial charge in [-0.15, -0.1) is 6.58 Å². The summed E-state index contributed by atoms with van der Waals surface area (Å²) >= 11 is 0. The number of hydrogen-bond acceptors (Lipinski definition) is 4. The van der Waals surface area contributed by atoms with Crippen LogP contribution in [0.1, 0.15) is 51.4 Å². The predicted octanol–water partition coefficient (Wildman–Crippen LogP) is 3.18. The van der Waals surface area contributed by atoms with Crippen LogP contribution < -0.4 is 0 Å². The van der Waals surface area contributed by atoms with Crippen LogP contribution in [0.3, 0.4) is 0 Å². The second-order valence-corrected chi connectivity index (χ2v) is 6.74. The van der Waals surface area contributed by atoms with E-state index in [0.717, 1.165) is 44.9 Å². The molecule has 1 saturated carbocycles. The zero-order valence-corrected chi connectivity index (χ0v) is 13.7. The first-order valence-electron chi connectivity index (χ1n) is 8.72. The quantitative estimate of drug-likeness (QED) is 0.400. The lowest BCUT2D eigenvalue weighted by molar-refractivity contribution is -0.157. The highest BCUT2D eigenvalue weighted by Gasteiger charge is 2.35. The van der Waals surface area contributed by atoms with Gasteiger partial charge in [0, 0.05) is 5.92 Å². The number of carboxylic acids is 1. The van der Waals surface area contributed by atoms with Crippen molar-refractivity contribution < 1.29 is 24.2 Å². The highest BCUT2D eigenvalue weighted by Crippen LogP contribution is 2.34. The Kier molecular flexibility index (Phi) is 7.09. The maximum absolute atomic E-state index is 12.2. The molecule has 1 aliphatic heterocycles. The fourth-order valence-electron chi connectivity index (χ4n) is 3.71. The smallest absolute Gasteiger partial charge is 0.307 e. The molecule has 2 fully saturated rings. The minimum Gasteiger partial charge on any atom is -0.481 e. The molecule has 3 atom stereocenters. The molecule has 130 valence electrons. The number of ether oxygens (including phenoxy) is 2. The standard InChI is InChI=1S/C18H28O5/c1-2-3-4-9-14-11-22-12-16(14)23-17(19)10-15(18(20)21)13-7-5-6-8-13/h2,13-16H,1,3-12H2,(H,20,21)/t14?,15-,16?/m0/s1. The number of carbonyl (C=O) groups excluding carboxylic acids is 1. The molecule has 2 unspecified atom stereocenters. The third-order valence-corrected chi connectivity index (χ3v) is 5.08. The van der Waals surface area contributed by atoms with Gasteiger partial charge in [-0.1, -0.05) is 18.9 Å². The average Bonchev–Trinajstić information content (AvgIpc) is 3.17. The summed E-state index contributed by atoms with van der Waals surface area (Å²) in [6, 6.07) is 0. The molecule has 1 saturated heterocycles. The van der Waals surface area contributed by atoms with E-state index < -0.39 is 17.9 Å². The molecule has 0 aromatic carbocycles. The molecule has 1 N–H and O–H groups in total. The Morgan fingerprint density at radius 3 is 2.70 bits per heavy atom. The summed E-state index contributed by atoms with van der Waals surface area (Å²) in [7, 11) is 0. The maximum atomic E-state index is 12.2. The molecular weight excluding hydrogens is 296 g/mol. The molecule has 0 aromatic rings. The van der Waals surface area contributed by atoms with Crippen molar-refractivity contribution in [3.8, 4) is 0 Å². The molecule has 1 aliphatic carbocycles. The van der Waals surface area contributed by atoms with E-state index >= 15 is 0 Å². The summed E-state index contributed by atoms with van der Waals surface area (Å²) in [4.78, 5) is 23.6. The van der Waals surface area contributed by atoms with Crippen molar-refractivity contribution in [3.63, 3.8) is 0 Å². The van der Waals surface area contributed by atoms with Crippen molar-refractivity contribution in [1.82, 2.24) is 0 Å². The zero-order valence-electron chi connectivity index (χ0n) is 13.7. The van der Waals surface area contributed by atoms with Crippen molar-refractivity contribution in [1.29, 1.82) is 0 Å². The molecule has 5 nitrogen and oxygen atoms in total. The summed E-state index contributed by atoms with van der Waals surface area (Å²) < 4.78 is 11.0. The number of unbranched alkanes of at least 4 members (excludes halogenated alkanes) is 1. The van der Waals surface area contributed by atoms with Crippen LogP contribution in [0.15, 0.2) is 12.7 Å². The van der Waals surface area contributed by atoms with Crippen molar-refractivity contribution in [3.05, 3.63) is 12.7 Å². The number of hydrogen-bond donors (Lipinski definition) is 1. The highest BCUT2D eigenvalue weighted by molar-refractivity contribution is 5.79. The number of rotatable bonds is 9. The van der Waals surface area contributed by atoms with E-state index in [-0.39, 0.29) is 24.4 Å². The highest BCUT2D eigenvalue weighted by atomic mass is 16.6. The van der Waals surface area contributed by atoms with Gasteiger partial charge in [-0.25, -0.2) is 0 Å². The second kappa shape index (κ2) is 9.06. The zero-order chi connectivity index (χ0) is 16.7. The SMILES string of the molecule is C=CCCCC1COCC1OC(=O)C[C@H](C(=O)O)C1CCCC1. The number of carboxylic acid groups (broad SMARTS) is 1. The first-order chi connectivity index (χ1) is 11.1. The Morgan fingerprint density at radius 1 is 1.30 bits per heavy atom. The number of esters is 1. The van der Waals surface area contributed by atoms with Gasteiger partial charge < -0.3 is 14.6 Å². The molecular formula is C18H28O5. The summed E-state index contributed by atoms with van der Waals surface area (Å²) in [6.07, 6.45) is 8.45. The van der Waals surface area contributed by atoms with E-state index in [2.05, 4.69) is 6.58 Å². The van der Waals surface area contributed by atoms with Gasteiger partial charge in [0.1, 0.15) is 6.10 Å². The van der Waals surface area contributed by atoms with Gasteiger partial charge in [0.25, 0.3) is 0 Å². The maximum Gasteiger partial charge on any atom is 0.307 e. The van der Waals surface area contributed by atoms with E-state index in [1.807, 2.05) is 6.08 Å². The first kappa shape index (κ1) is 18.0. The minimum atomic E-state index is -0.876. The molecule has 0 bridgehead atoms. The van der Waals surface area contributed by atoms with Crippen LogP contribution in [-0.4, -0.2) is 36.4 Å². The van der Waals surface area contributed by atoms with Crippen molar-refractivity contribution in [2.75, 3.05) is 13.2 Å². The van der Waals surface area contributed by atoms with E-state index in [1.54, 1.807) is 0 Å². The van der Waals surface area contributed by atoms with Crippen molar-refractivity contribution >= 4 is 11.9 Å². The van der Waals surface area contributed by atoms with Crippen molar-refractivity contribution in [2.45, 2.75) is 57.5 Å². The Labute approximate surface area is 138 Å². The van der Waals surface area contributed by atoms with Gasteiger partial charge in [0.15, 0.2) is 0 Å². The number of allylic oxidation sites excluding steroid dienone is 1. The predicted molar refractivity (Wildman–Crippen MR) is 85.9 cm³/mol. The van der Waals surface area contributed by atoms with E-state index in [4.69, 9.17) is 9.47 Å². The molecule has 0 spiro atoms. The van der Waals surface area contributed by atoms with Gasteiger partial charge in [0.05, 0.1) is 25.6 Å². The molecule has 1 heterocycles. The van der Waals surface area contributed by atoms with Gasteiger partial charge in [-0.2, -0.15) is 0 Å². The lowest BCUT2D eigenvalue weighted by Crippen LogP contribution is -2.30. The van der Waals surface area contributed by atoms with Crippen LogP contribution in [-0.2, 0) is 19.1 Å². The van der Waals surface area contributed by atoms with Crippen molar-refractivity contribution in [2.24, 2.45) is 17.8 Å². The summed E-state index contributed by atoms with van der Waals surface area (Å²) in [6.45, 7) is 4.74. The van der Waals surface area contributed by atoms with Gasteiger partial charge in [0.2, 0.25) is 0 Å². The fraction of sp³-hybridized carbons (Fsp3) is 0.778. The molecule has 5 heteroatoms. The van der Waals surface area contributed by atoms with Crippen LogP contribution in [0, 0.1) is 17.8 Å². The van der Waals surface area contributed by atoms with Gasteiger partial charge in [-0.3, -0.25) is 9.59 Å². The lowest BCUT2D eigenvalue weighted by Gasteiger charge is -2.21. The Bertz CT molecular complexity index is 414. The molecule has 2 aliphatic rings. The second-order valence-electron chi connectivity index (χ2n) is 6.74. The van der Waals surface area contributed by atoms with Crippen LogP contribution >= 0.6 is 0 Å². The normalized spacial score (nSPS) is 26.1. The lowest BCUT2D eigenvalue weighted by atomic mass is 9.88. The summed E-state index contributed by atoms with van der Waals surface area (Å²) in [5, 5.41) is 9.40. The van der Waals surface area contributed by atoms with Gasteiger partial charge in [-0.05, 0) is 38.0 Å². The molecule has 0 amide bonds. The minimum absolute atomic E-state index is 0.0180. The third kappa shape index (κ3) is 5.34. The first-order valence-corrected chi connectivity index (χ1v) is 8.72. The summed E-state index contributed by atoms with van der Waals surface area (Å²) in [5.41, 5.74) is 0. The molecule has 0 radical (unpaired) electrons.